The fraction of sp³-hybridized carbons (Fsp3) is 0.533. The molecule has 1 saturated heterocycles. The van der Waals surface area contributed by atoms with Crippen molar-refractivity contribution in [2.24, 2.45) is 5.92 Å². The van der Waals surface area contributed by atoms with E-state index in [0.717, 1.165) is 25.9 Å². The van der Waals surface area contributed by atoms with Crippen LogP contribution < -0.4 is 0 Å². The highest BCUT2D eigenvalue weighted by molar-refractivity contribution is 5.85. The van der Waals surface area contributed by atoms with Crippen molar-refractivity contribution in [1.29, 1.82) is 0 Å². The second kappa shape index (κ2) is 6.92. The van der Waals surface area contributed by atoms with Crippen LogP contribution in [0.5, 0.6) is 0 Å². The standard InChI is InChI=1S/C15H21NO2.ClH/c1-11-4-3-5-14(10-11)12(2)16-8-6-13(7-9-16)15(17)18;/h3-5,10,12-13H,6-9H2,1-2H3,(H,17,18);1H. The largest absolute Gasteiger partial charge is 0.481 e. The number of aliphatic carboxylic acids is 1. The zero-order valence-electron chi connectivity index (χ0n) is 11.5. The Bertz CT molecular complexity index is 428. The Morgan fingerprint density at radius 2 is 2.00 bits per heavy atom. The summed E-state index contributed by atoms with van der Waals surface area (Å²) in [6.07, 6.45) is 1.54. The lowest BCUT2D eigenvalue weighted by atomic mass is 9.94. The van der Waals surface area contributed by atoms with Crippen LogP contribution in [0.25, 0.3) is 0 Å². The van der Waals surface area contributed by atoms with Gasteiger partial charge in [0.2, 0.25) is 0 Å². The molecule has 1 N–H and O–H groups in total. The zero-order chi connectivity index (χ0) is 13.1. The first kappa shape index (κ1) is 16.0. The third-order valence-corrected chi connectivity index (χ3v) is 3.95. The maximum absolute atomic E-state index is 10.9. The number of likely N-dealkylation sites (tertiary alicyclic amines) is 1. The fourth-order valence-electron chi connectivity index (χ4n) is 2.67. The highest BCUT2D eigenvalue weighted by atomic mass is 35.5. The van der Waals surface area contributed by atoms with Crippen LogP contribution in [0.1, 0.15) is 36.9 Å². The monoisotopic (exact) mass is 283 g/mol. The molecule has 1 aromatic rings. The normalized spacial score (nSPS) is 18.6. The summed E-state index contributed by atoms with van der Waals surface area (Å²) in [4.78, 5) is 13.3. The van der Waals surface area contributed by atoms with E-state index < -0.39 is 5.97 Å². The molecule has 0 aromatic heterocycles. The first-order valence-electron chi connectivity index (χ1n) is 6.61. The highest BCUT2D eigenvalue weighted by Crippen LogP contribution is 2.26. The molecule has 106 valence electrons. The number of halogens is 1. The number of benzene rings is 1. The van der Waals surface area contributed by atoms with Gasteiger partial charge in [0.15, 0.2) is 0 Å². The van der Waals surface area contributed by atoms with Gasteiger partial charge in [-0.1, -0.05) is 29.8 Å². The van der Waals surface area contributed by atoms with Gasteiger partial charge in [0.1, 0.15) is 0 Å². The van der Waals surface area contributed by atoms with Crippen molar-refractivity contribution in [2.75, 3.05) is 13.1 Å². The summed E-state index contributed by atoms with van der Waals surface area (Å²) in [5.74, 6) is -0.788. The molecular formula is C15H22ClNO2. The molecule has 1 aliphatic rings. The summed E-state index contributed by atoms with van der Waals surface area (Å²) in [6.45, 7) is 6.07. The maximum atomic E-state index is 10.9. The van der Waals surface area contributed by atoms with Crippen molar-refractivity contribution >= 4 is 18.4 Å². The van der Waals surface area contributed by atoms with Gasteiger partial charge in [-0.15, -0.1) is 12.4 Å². The van der Waals surface area contributed by atoms with Crippen LogP contribution in [0, 0.1) is 12.8 Å². The third-order valence-electron chi connectivity index (χ3n) is 3.95. The van der Waals surface area contributed by atoms with Gasteiger partial charge in [-0.3, -0.25) is 9.69 Å². The smallest absolute Gasteiger partial charge is 0.306 e. The van der Waals surface area contributed by atoms with Gasteiger partial charge < -0.3 is 5.11 Å². The van der Waals surface area contributed by atoms with Crippen LogP contribution in [0.4, 0.5) is 0 Å². The summed E-state index contributed by atoms with van der Waals surface area (Å²) in [7, 11) is 0. The molecule has 0 spiro atoms. The Morgan fingerprint density at radius 3 is 2.53 bits per heavy atom. The van der Waals surface area contributed by atoms with E-state index in [9.17, 15) is 4.79 Å². The SMILES string of the molecule is Cc1cccc(C(C)N2CCC(C(=O)O)CC2)c1.Cl. The van der Waals surface area contributed by atoms with Crippen LogP contribution >= 0.6 is 12.4 Å². The van der Waals surface area contributed by atoms with E-state index in [4.69, 9.17) is 5.11 Å². The molecule has 0 radical (unpaired) electrons. The van der Waals surface area contributed by atoms with Crippen molar-refractivity contribution in [3.63, 3.8) is 0 Å². The molecule has 0 saturated carbocycles. The molecule has 1 aliphatic heterocycles. The van der Waals surface area contributed by atoms with Gasteiger partial charge in [-0.2, -0.15) is 0 Å². The Balaban J connectivity index is 0.00000180. The highest BCUT2D eigenvalue weighted by Gasteiger charge is 2.27. The summed E-state index contributed by atoms with van der Waals surface area (Å²) in [5, 5.41) is 9.00. The Labute approximate surface area is 121 Å². The molecule has 4 heteroatoms. The predicted octanol–water partition coefficient (Wildman–Crippen LogP) is 3.27. The number of hydrogen-bond donors (Lipinski definition) is 1. The Kier molecular flexibility index (Phi) is 5.83. The van der Waals surface area contributed by atoms with Gasteiger partial charge in [0.25, 0.3) is 0 Å². The summed E-state index contributed by atoms with van der Waals surface area (Å²) in [6, 6.07) is 8.94. The molecule has 2 rings (SSSR count). The molecule has 1 atom stereocenters. The third kappa shape index (κ3) is 3.95. The topological polar surface area (TPSA) is 40.5 Å². The number of aryl methyl sites for hydroxylation is 1. The van der Waals surface area contributed by atoms with Gasteiger partial charge in [-0.25, -0.2) is 0 Å². The lowest BCUT2D eigenvalue weighted by molar-refractivity contribution is -0.143. The minimum atomic E-state index is -0.641. The molecular weight excluding hydrogens is 262 g/mol. The first-order valence-corrected chi connectivity index (χ1v) is 6.61. The Hall–Kier alpha value is -1.06. The summed E-state index contributed by atoms with van der Waals surface area (Å²) in [5.41, 5.74) is 2.60. The van der Waals surface area contributed by atoms with Gasteiger partial charge in [0.05, 0.1) is 5.92 Å². The van der Waals surface area contributed by atoms with Gasteiger partial charge in [-0.05, 0) is 45.3 Å². The second-order valence-corrected chi connectivity index (χ2v) is 5.24. The average molecular weight is 284 g/mol. The first-order chi connectivity index (χ1) is 8.58. The van der Waals surface area contributed by atoms with Crippen molar-refractivity contribution < 1.29 is 9.90 Å². The molecule has 1 fully saturated rings. The van der Waals surface area contributed by atoms with E-state index >= 15 is 0 Å². The fourth-order valence-corrected chi connectivity index (χ4v) is 2.67. The van der Waals surface area contributed by atoms with E-state index in [1.54, 1.807) is 0 Å². The number of carboxylic acid groups (broad SMARTS) is 1. The van der Waals surface area contributed by atoms with Crippen molar-refractivity contribution in [1.82, 2.24) is 4.90 Å². The molecule has 1 heterocycles. The molecule has 1 aromatic carbocycles. The molecule has 1 unspecified atom stereocenters. The number of rotatable bonds is 3. The number of piperidine rings is 1. The van der Waals surface area contributed by atoms with E-state index in [1.807, 2.05) is 0 Å². The van der Waals surface area contributed by atoms with Gasteiger partial charge >= 0.3 is 5.97 Å². The molecule has 19 heavy (non-hydrogen) atoms. The lowest BCUT2D eigenvalue weighted by Gasteiger charge is -2.35. The van der Waals surface area contributed by atoms with E-state index in [1.165, 1.54) is 11.1 Å². The quantitative estimate of drug-likeness (QED) is 0.925. The second-order valence-electron chi connectivity index (χ2n) is 5.24. The van der Waals surface area contributed by atoms with Crippen LogP contribution in [-0.2, 0) is 4.79 Å². The van der Waals surface area contributed by atoms with Gasteiger partial charge in [0, 0.05) is 6.04 Å². The molecule has 0 bridgehead atoms. The number of carboxylic acids is 1. The minimum Gasteiger partial charge on any atom is -0.481 e. The number of hydrogen-bond acceptors (Lipinski definition) is 2. The molecule has 0 amide bonds. The van der Waals surface area contributed by atoms with E-state index in [0.29, 0.717) is 6.04 Å². The van der Waals surface area contributed by atoms with Crippen molar-refractivity contribution in [3.8, 4) is 0 Å². The summed E-state index contributed by atoms with van der Waals surface area (Å²) < 4.78 is 0. The van der Waals surface area contributed by atoms with Crippen LogP contribution in [-0.4, -0.2) is 29.1 Å². The zero-order valence-corrected chi connectivity index (χ0v) is 12.3. The minimum absolute atomic E-state index is 0. The average Bonchev–Trinajstić information content (AvgIpc) is 2.38. The van der Waals surface area contributed by atoms with Crippen molar-refractivity contribution in [2.45, 2.75) is 32.7 Å². The number of carbonyl (C=O) groups is 1. The number of nitrogens with zero attached hydrogens (tertiary/aromatic N) is 1. The van der Waals surface area contributed by atoms with E-state index in [-0.39, 0.29) is 18.3 Å². The Morgan fingerprint density at radius 1 is 1.37 bits per heavy atom. The van der Waals surface area contributed by atoms with Crippen LogP contribution in [0.3, 0.4) is 0 Å². The predicted molar refractivity (Wildman–Crippen MR) is 78.8 cm³/mol. The maximum Gasteiger partial charge on any atom is 0.306 e. The molecule has 3 nitrogen and oxygen atoms in total. The summed E-state index contributed by atoms with van der Waals surface area (Å²) >= 11 is 0. The molecule has 0 aliphatic carbocycles. The van der Waals surface area contributed by atoms with Crippen molar-refractivity contribution in [3.05, 3.63) is 35.4 Å². The van der Waals surface area contributed by atoms with Crippen LogP contribution in [0.15, 0.2) is 24.3 Å². The van der Waals surface area contributed by atoms with E-state index in [2.05, 4.69) is 43.0 Å². The van der Waals surface area contributed by atoms with Crippen LogP contribution in [0.2, 0.25) is 0 Å². The lowest BCUT2D eigenvalue weighted by Crippen LogP contribution is -2.37.